The van der Waals surface area contributed by atoms with Crippen LogP contribution in [0, 0.1) is 0 Å². The first-order chi connectivity index (χ1) is 14.7. The summed E-state index contributed by atoms with van der Waals surface area (Å²) >= 11 is 1.76. The number of rotatable bonds is 5. The fourth-order valence-electron chi connectivity index (χ4n) is 4.44. The van der Waals surface area contributed by atoms with Crippen molar-refractivity contribution < 1.29 is 23.8 Å². The summed E-state index contributed by atoms with van der Waals surface area (Å²) in [4.78, 5) is 25.0. The van der Waals surface area contributed by atoms with Crippen LogP contribution >= 0.6 is 11.8 Å². The number of benzene rings is 1. The highest BCUT2D eigenvalue weighted by atomic mass is 32.2. The van der Waals surface area contributed by atoms with Gasteiger partial charge in [-0.3, -0.25) is 0 Å². The van der Waals surface area contributed by atoms with Crippen molar-refractivity contribution in [3.8, 4) is 5.75 Å². The van der Waals surface area contributed by atoms with Gasteiger partial charge in [-0.05, 0) is 90.3 Å². The van der Waals surface area contributed by atoms with E-state index in [2.05, 4.69) is 25.4 Å². The van der Waals surface area contributed by atoms with E-state index in [4.69, 9.17) is 14.2 Å². The molecule has 1 N–H and O–H groups in total. The summed E-state index contributed by atoms with van der Waals surface area (Å²) in [5.41, 5.74) is 0.810. The zero-order valence-electron chi connectivity index (χ0n) is 21.0. The van der Waals surface area contributed by atoms with Crippen molar-refractivity contribution in [3.63, 3.8) is 0 Å². The van der Waals surface area contributed by atoms with Crippen molar-refractivity contribution in [1.82, 2.24) is 5.32 Å². The number of carbonyl (C=O) groups excluding carboxylic acids is 2. The first-order valence-corrected chi connectivity index (χ1v) is 12.6. The van der Waals surface area contributed by atoms with E-state index in [1.165, 1.54) is 5.56 Å². The fourth-order valence-corrected chi connectivity index (χ4v) is 5.39. The van der Waals surface area contributed by atoms with Crippen LogP contribution in [-0.2, 0) is 21.3 Å². The molecular weight excluding hydrogens is 426 g/mol. The molecule has 180 valence electrons. The molecule has 1 aliphatic carbocycles. The van der Waals surface area contributed by atoms with Crippen LogP contribution in [0.3, 0.4) is 0 Å². The fraction of sp³-hybridized carbons (Fsp3) is 0.680. The molecule has 6 nitrogen and oxygen atoms in total. The van der Waals surface area contributed by atoms with E-state index in [-0.39, 0.29) is 16.7 Å². The topological polar surface area (TPSA) is 73.9 Å². The standard InChI is InChI=1S/C25H39NO5S/c1-10-25(11-2)18-15-17(29-22(28)31-24(6,7)8)13-12-16(18)14-19(32-9)20(25)26-21(27)30-23(3,4)5/h12-13,15,19-20H,10-11,14H2,1-9H3,(H,26,27)/t19-,20+/m0/s1. The molecule has 1 aromatic rings. The number of ether oxygens (including phenoxy) is 3. The van der Waals surface area contributed by atoms with Gasteiger partial charge in [0.1, 0.15) is 17.0 Å². The summed E-state index contributed by atoms with van der Waals surface area (Å²) in [6.07, 6.45) is 3.41. The molecule has 7 heteroatoms. The van der Waals surface area contributed by atoms with Crippen LogP contribution in [0.4, 0.5) is 9.59 Å². The number of nitrogens with one attached hydrogen (secondary N) is 1. The normalized spacial score (nSPS) is 20.2. The third-order valence-electron chi connectivity index (χ3n) is 5.83. The van der Waals surface area contributed by atoms with Crippen molar-refractivity contribution >= 4 is 24.0 Å². The minimum atomic E-state index is -0.725. The summed E-state index contributed by atoms with van der Waals surface area (Å²) in [5.74, 6) is 0.447. The summed E-state index contributed by atoms with van der Waals surface area (Å²) in [7, 11) is 0. The van der Waals surface area contributed by atoms with Gasteiger partial charge < -0.3 is 19.5 Å². The Labute approximate surface area is 197 Å². The quantitative estimate of drug-likeness (QED) is 0.410. The number of hydrogen-bond donors (Lipinski definition) is 1. The average molecular weight is 466 g/mol. The van der Waals surface area contributed by atoms with Gasteiger partial charge in [0.05, 0.1) is 6.04 Å². The predicted molar refractivity (Wildman–Crippen MR) is 130 cm³/mol. The number of alkyl carbamates (subject to hydrolysis) is 1. The maximum Gasteiger partial charge on any atom is 0.514 e. The van der Waals surface area contributed by atoms with Gasteiger partial charge >= 0.3 is 12.2 Å². The van der Waals surface area contributed by atoms with E-state index >= 15 is 0 Å². The highest BCUT2D eigenvalue weighted by Crippen LogP contribution is 2.46. The van der Waals surface area contributed by atoms with E-state index in [0.29, 0.717) is 5.75 Å². The highest BCUT2D eigenvalue weighted by Gasteiger charge is 2.47. The molecule has 2 atom stereocenters. The van der Waals surface area contributed by atoms with Gasteiger partial charge in [-0.15, -0.1) is 0 Å². The lowest BCUT2D eigenvalue weighted by Gasteiger charge is -2.48. The van der Waals surface area contributed by atoms with Crippen LogP contribution in [0.2, 0.25) is 0 Å². The maximum absolute atomic E-state index is 12.7. The Morgan fingerprint density at radius 2 is 1.66 bits per heavy atom. The van der Waals surface area contributed by atoms with Gasteiger partial charge in [0, 0.05) is 10.7 Å². The lowest BCUT2D eigenvalue weighted by molar-refractivity contribution is 0.0205. The second-order valence-corrected chi connectivity index (χ2v) is 11.4. The SMILES string of the molecule is CCC1(CC)c2cc(OC(=O)OC(C)(C)C)ccc2C[C@H](SC)[C@H]1NC(=O)OC(C)(C)C. The Balaban J connectivity index is 2.43. The largest absolute Gasteiger partial charge is 0.514 e. The third kappa shape index (κ3) is 6.33. The Morgan fingerprint density at radius 3 is 2.16 bits per heavy atom. The van der Waals surface area contributed by atoms with Crippen molar-refractivity contribution in [2.75, 3.05) is 6.26 Å². The zero-order chi connectivity index (χ0) is 24.3. The van der Waals surface area contributed by atoms with Gasteiger partial charge in [-0.2, -0.15) is 11.8 Å². The lowest BCUT2D eigenvalue weighted by Crippen LogP contribution is -2.59. The zero-order valence-corrected chi connectivity index (χ0v) is 21.8. The van der Waals surface area contributed by atoms with Gasteiger partial charge in [-0.1, -0.05) is 19.9 Å². The second-order valence-electron chi connectivity index (χ2n) is 10.4. The van der Waals surface area contributed by atoms with E-state index in [1.54, 1.807) is 32.5 Å². The lowest BCUT2D eigenvalue weighted by atomic mass is 9.63. The first-order valence-electron chi connectivity index (χ1n) is 11.3. The van der Waals surface area contributed by atoms with E-state index in [1.807, 2.05) is 39.0 Å². The van der Waals surface area contributed by atoms with Crippen molar-refractivity contribution in [1.29, 1.82) is 0 Å². The molecule has 0 saturated heterocycles. The van der Waals surface area contributed by atoms with Crippen LogP contribution < -0.4 is 10.1 Å². The molecule has 0 aliphatic heterocycles. The average Bonchev–Trinajstić information content (AvgIpc) is 2.65. The smallest absolute Gasteiger partial charge is 0.444 e. The summed E-state index contributed by atoms with van der Waals surface area (Å²) in [6, 6.07) is 5.67. The minimum absolute atomic E-state index is 0.119. The summed E-state index contributed by atoms with van der Waals surface area (Å²) < 4.78 is 16.4. The molecule has 32 heavy (non-hydrogen) atoms. The van der Waals surface area contributed by atoms with Crippen LogP contribution in [0.1, 0.15) is 79.4 Å². The number of thioether (sulfide) groups is 1. The first kappa shape index (κ1) is 26.4. The maximum atomic E-state index is 12.7. The molecule has 0 radical (unpaired) electrons. The predicted octanol–water partition coefficient (Wildman–Crippen LogP) is 6.24. The van der Waals surface area contributed by atoms with Crippen LogP contribution in [-0.4, -0.2) is 41.0 Å². The molecule has 1 amide bonds. The molecule has 0 fully saturated rings. The number of amides is 1. The van der Waals surface area contributed by atoms with Crippen molar-refractivity contribution in [2.45, 2.75) is 103 Å². The van der Waals surface area contributed by atoms with Gasteiger partial charge in [0.15, 0.2) is 0 Å². The Bertz CT molecular complexity index is 821. The molecule has 0 heterocycles. The van der Waals surface area contributed by atoms with Crippen LogP contribution in [0.25, 0.3) is 0 Å². The molecule has 2 rings (SSSR count). The molecule has 1 aliphatic rings. The molecule has 0 saturated carbocycles. The Morgan fingerprint density at radius 1 is 1.06 bits per heavy atom. The summed E-state index contributed by atoms with van der Waals surface area (Å²) in [5, 5.41) is 3.39. The molecule has 0 spiro atoms. The highest BCUT2D eigenvalue weighted by molar-refractivity contribution is 7.99. The van der Waals surface area contributed by atoms with E-state index in [0.717, 1.165) is 24.8 Å². The summed E-state index contributed by atoms with van der Waals surface area (Å²) in [6.45, 7) is 15.3. The Hall–Kier alpha value is -1.89. The van der Waals surface area contributed by atoms with Crippen molar-refractivity contribution in [2.24, 2.45) is 0 Å². The number of hydrogen-bond acceptors (Lipinski definition) is 6. The number of carbonyl (C=O) groups is 2. The second kappa shape index (κ2) is 9.94. The monoisotopic (exact) mass is 465 g/mol. The molecular formula is C25H39NO5S. The van der Waals surface area contributed by atoms with Crippen LogP contribution in [0.5, 0.6) is 5.75 Å². The van der Waals surface area contributed by atoms with Gasteiger partial charge in [0.2, 0.25) is 0 Å². The van der Waals surface area contributed by atoms with Gasteiger partial charge in [0.25, 0.3) is 0 Å². The Kier molecular flexibility index (Phi) is 8.19. The molecule has 0 aromatic heterocycles. The minimum Gasteiger partial charge on any atom is -0.444 e. The molecule has 0 bridgehead atoms. The van der Waals surface area contributed by atoms with Gasteiger partial charge in [-0.25, -0.2) is 9.59 Å². The van der Waals surface area contributed by atoms with Crippen LogP contribution in [0.15, 0.2) is 18.2 Å². The number of fused-ring (bicyclic) bond motifs is 1. The molecule has 1 aromatic carbocycles. The third-order valence-corrected chi connectivity index (χ3v) is 6.88. The van der Waals surface area contributed by atoms with E-state index < -0.39 is 23.5 Å². The van der Waals surface area contributed by atoms with Crippen molar-refractivity contribution in [3.05, 3.63) is 29.3 Å². The molecule has 0 unspecified atom stereocenters. The van der Waals surface area contributed by atoms with E-state index in [9.17, 15) is 9.59 Å².